The van der Waals surface area contributed by atoms with Crippen LogP contribution >= 0.6 is 0 Å². The van der Waals surface area contributed by atoms with Crippen LogP contribution in [-0.2, 0) is 35.4 Å². The van der Waals surface area contributed by atoms with Crippen molar-refractivity contribution >= 4 is 38.4 Å². The van der Waals surface area contributed by atoms with Gasteiger partial charge in [0.2, 0.25) is 11.8 Å². The predicted molar refractivity (Wildman–Crippen MR) is 136 cm³/mol. The molecule has 0 saturated heterocycles. The van der Waals surface area contributed by atoms with Crippen LogP contribution in [0, 0.1) is 5.92 Å². The first-order valence-corrected chi connectivity index (χ1v) is 13.6. The summed E-state index contributed by atoms with van der Waals surface area (Å²) in [4.78, 5) is 36.5. The minimum Gasteiger partial charge on any atom is -0.466 e. The minimum absolute atomic E-state index is 0.0183. The molecule has 8 nitrogen and oxygen atoms in total. The first kappa shape index (κ1) is 28.0. The van der Waals surface area contributed by atoms with Crippen molar-refractivity contribution in [1.29, 1.82) is 0 Å². The zero-order chi connectivity index (χ0) is 25.8. The van der Waals surface area contributed by atoms with Gasteiger partial charge in [0.05, 0.1) is 13.2 Å². The largest absolute Gasteiger partial charge is 0.466 e. The summed E-state index contributed by atoms with van der Waals surface area (Å²) in [5, 5.41) is 8.58. The van der Waals surface area contributed by atoms with Crippen LogP contribution in [0.1, 0.15) is 38.7 Å². The average Bonchev–Trinajstić information content (AvgIpc) is 2.82. The molecule has 35 heavy (non-hydrogen) atoms. The first-order chi connectivity index (χ1) is 16.6. The Morgan fingerprint density at radius 2 is 1.77 bits per heavy atom. The number of sulfone groups is 1. The van der Waals surface area contributed by atoms with Gasteiger partial charge in [-0.25, -0.2) is 8.42 Å². The molecular weight excluding hydrogens is 468 g/mol. The van der Waals surface area contributed by atoms with Crippen molar-refractivity contribution in [3.05, 3.63) is 59.5 Å². The van der Waals surface area contributed by atoms with E-state index in [2.05, 4.69) is 34.9 Å². The first-order valence-electron chi connectivity index (χ1n) is 11.7. The number of hydrogen-bond donors (Lipinski definition) is 2. The van der Waals surface area contributed by atoms with Crippen LogP contribution in [0.25, 0.3) is 10.8 Å². The molecule has 0 heterocycles. The summed E-state index contributed by atoms with van der Waals surface area (Å²) in [6.45, 7) is 3.49. The summed E-state index contributed by atoms with van der Waals surface area (Å²) in [6, 6.07) is 13.5. The number of hydrogen-bond acceptors (Lipinski definition) is 6. The molecule has 0 bridgehead atoms. The van der Waals surface area contributed by atoms with Gasteiger partial charge in [0.1, 0.15) is 0 Å². The topological polar surface area (TPSA) is 119 Å². The summed E-state index contributed by atoms with van der Waals surface area (Å²) in [6.07, 6.45) is 3.90. The smallest absolute Gasteiger partial charge is 0.305 e. The molecule has 0 radical (unpaired) electrons. The molecule has 0 aromatic heterocycles. The highest BCUT2D eigenvalue weighted by Gasteiger charge is 2.17. The lowest BCUT2D eigenvalue weighted by Crippen LogP contribution is -2.42. The second-order valence-electron chi connectivity index (χ2n) is 8.47. The third kappa shape index (κ3) is 10.3. The van der Waals surface area contributed by atoms with E-state index in [0.29, 0.717) is 6.42 Å². The number of nitrogens with one attached hydrogen (secondary N) is 2. The second-order valence-corrected chi connectivity index (χ2v) is 10.4. The number of esters is 1. The SMILES string of the molecule is CCOC(=O)CC[C@@H](/C=C/S(C)(=O)=O)NC(=O)CNC(=O)[C@@H](C)CCc1cccc2ccccc12. The number of benzene rings is 2. The maximum Gasteiger partial charge on any atom is 0.305 e. The number of carbonyl (C=O) groups is 3. The molecule has 0 unspecified atom stereocenters. The van der Waals surface area contributed by atoms with Crippen LogP contribution in [0.4, 0.5) is 0 Å². The van der Waals surface area contributed by atoms with Crippen molar-refractivity contribution in [3.8, 4) is 0 Å². The van der Waals surface area contributed by atoms with E-state index in [1.54, 1.807) is 6.92 Å². The summed E-state index contributed by atoms with van der Waals surface area (Å²) in [5.41, 5.74) is 1.17. The van der Waals surface area contributed by atoms with E-state index >= 15 is 0 Å². The lowest BCUT2D eigenvalue weighted by molar-refractivity contribution is -0.143. The molecule has 0 aliphatic heterocycles. The summed E-state index contributed by atoms with van der Waals surface area (Å²) in [7, 11) is -3.40. The van der Waals surface area contributed by atoms with Gasteiger partial charge in [-0.3, -0.25) is 14.4 Å². The summed E-state index contributed by atoms with van der Waals surface area (Å²) < 4.78 is 27.8. The van der Waals surface area contributed by atoms with E-state index in [0.717, 1.165) is 28.9 Å². The molecule has 2 amide bonds. The predicted octanol–water partition coefficient (Wildman–Crippen LogP) is 2.91. The molecule has 0 spiro atoms. The van der Waals surface area contributed by atoms with Crippen molar-refractivity contribution in [1.82, 2.24) is 10.6 Å². The van der Waals surface area contributed by atoms with E-state index in [1.807, 2.05) is 25.1 Å². The third-order valence-electron chi connectivity index (χ3n) is 5.47. The fraction of sp³-hybridized carbons (Fsp3) is 0.423. The fourth-order valence-corrected chi connectivity index (χ4v) is 4.05. The molecule has 2 aromatic rings. The number of carbonyl (C=O) groups excluding carboxylic acids is 3. The van der Waals surface area contributed by atoms with Crippen LogP contribution in [0.5, 0.6) is 0 Å². The maximum absolute atomic E-state index is 12.5. The monoisotopic (exact) mass is 502 g/mol. The van der Waals surface area contributed by atoms with E-state index in [1.165, 1.54) is 11.6 Å². The Labute approximate surface area is 207 Å². The molecule has 0 saturated carbocycles. The van der Waals surface area contributed by atoms with Gasteiger partial charge in [-0.15, -0.1) is 0 Å². The van der Waals surface area contributed by atoms with Crippen molar-refractivity contribution in [2.75, 3.05) is 19.4 Å². The van der Waals surface area contributed by atoms with Crippen LogP contribution in [0.3, 0.4) is 0 Å². The van der Waals surface area contributed by atoms with Gasteiger partial charge >= 0.3 is 5.97 Å². The Hall–Kier alpha value is -3.20. The number of ether oxygens (including phenoxy) is 1. The third-order valence-corrected chi connectivity index (χ3v) is 6.12. The minimum atomic E-state index is -3.40. The number of rotatable bonds is 13. The van der Waals surface area contributed by atoms with Gasteiger partial charge in [0.15, 0.2) is 9.84 Å². The van der Waals surface area contributed by atoms with Crippen LogP contribution in [0.15, 0.2) is 53.9 Å². The molecule has 190 valence electrons. The highest BCUT2D eigenvalue weighted by atomic mass is 32.2. The molecule has 2 atom stereocenters. The van der Waals surface area contributed by atoms with Crippen molar-refractivity contribution < 1.29 is 27.5 Å². The van der Waals surface area contributed by atoms with Crippen LogP contribution in [0.2, 0.25) is 0 Å². The number of aryl methyl sites for hydroxylation is 1. The fourth-order valence-electron chi connectivity index (χ4n) is 3.57. The molecule has 0 fully saturated rings. The van der Waals surface area contributed by atoms with Gasteiger partial charge in [-0.1, -0.05) is 55.5 Å². The van der Waals surface area contributed by atoms with Gasteiger partial charge < -0.3 is 15.4 Å². The van der Waals surface area contributed by atoms with Gasteiger partial charge in [0.25, 0.3) is 0 Å². The Morgan fingerprint density at radius 3 is 2.49 bits per heavy atom. The Bertz CT molecular complexity index is 1150. The van der Waals surface area contributed by atoms with Crippen molar-refractivity contribution in [3.63, 3.8) is 0 Å². The average molecular weight is 503 g/mol. The Morgan fingerprint density at radius 1 is 1.06 bits per heavy atom. The Kier molecular flexibility index (Phi) is 10.9. The second kappa shape index (κ2) is 13.6. The van der Waals surface area contributed by atoms with Crippen LogP contribution < -0.4 is 10.6 Å². The molecule has 0 aliphatic carbocycles. The maximum atomic E-state index is 12.5. The van der Waals surface area contributed by atoms with Crippen molar-refractivity contribution in [2.24, 2.45) is 5.92 Å². The summed E-state index contributed by atoms with van der Waals surface area (Å²) >= 11 is 0. The van der Waals surface area contributed by atoms with Gasteiger partial charge in [0, 0.05) is 30.0 Å². The lowest BCUT2D eigenvalue weighted by atomic mass is 9.96. The molecule has 9 heteroatoms. The molecule has 2 rings (SSSR count). The van der Waals surface area contributed by atoms with E-state index in [9.17, 15) is 22.8 Å². The highest BCUT2D eigenvalue weighted by molar-refractivity contribution is 7.93. The van der Waals surface area contributed by atoms with E-state index in [-0.39, 0.29) is 37.8 Å². The zero-order valence-corrected chi connectivity index (χ0v) is 21.3. The van der Waals surface area contributed by atoms with Crippen molar-refractivity contribution in [2.45, 2.75) is 45.6 Å². The van der Waals surface area contributed by atoms with Gasteiger partial charge in [-0.05, 0) is 42.5 Å². The quantitative estimate of drug-likeness (QED) is 0.407. The highest BCUT2D eigenvalue weighted by Crippen LogP contribution is 2.21. The molecular formula is C26H34N2O6S. The molecule has 2 aromatic carbocycles. The van der Waals surface area contributed by atoms with E-state index in [4.69, 9.17) is 4.74 Å². The normalized spacial score (nSPS) is 13.3. The lowest BCUT2D eigenvalue weighted by Gasteiger charge is -2.16. The molecule has 0 aliphatic rings. The molecule has 2 N–H and O–H groups in total. The number of amides is 2. The zero-order valence-electron chi connectivity index (χ0n) is 20.5. The van der Waals surface area contributed by atoms with Gasteiger partial charge in [-0.2, -0.15) is 0 Å². The van der Waals surface area contributed by atoms with E-state index < -0.39 is 27.8 Å². The number of fused-ring (bicyclic) bond motifs is 1. The summed E-state index contributed by atoms with van der Waals surface area (Å²) in [5.74, 6) is -1.46. The standard InChI is InChI=1S/C26H34N2O6S/c1-4-34-25(30)15-14-22(16-17-35(3,32)33)28-24(29)18-27-26(31)19(2)12-13-21-10-7-9-20-8-5-6-11-23(20)21/h5-11,16-17,19,22H,4,12-15,18H2,1-3H3,(H,27,31)(H,28,29)/b17-16+/t19-,22-/m0/s1. The van der Waals surface area contributed by atoms with Crippen LogP contribution in [-0.4, -0.2) is 51.7 Å². The Balaban J connectivity index is 1.86.